The smallest absolute Gasteiger partial charge is 0.175 e. The predicted octanol–water partition coefficient (Wildman–Crippen LogP) is 3.35. The molecule has 0 aliphatic rings. The van der Waals surface area contributed by atoms with E-state index in [9.17, 15) is 13.2 Å². The SMILES string of the molecule is CS(=O)(=O)c1ccc(Oc2cc(Cl)ccc2C=O)cc1. The van der Waals surface area contributed by atoms with Crippen molar-refractivity contribution in [2.24, 2.45) is 0 Å². The van der Waals surface area contributed by atoms with E-state index in [2.05, 4.69) is 0 Å². The molecule has 20 heavy (non-hydrogen) atoms. The van der Waals surface area contributed by atoms with E-state index >= 15 is 0 Å². The van der Waals surface area contributed by atoms with Crippen molar-refractivity contribution in [3.05, 3.63) is 53.1 Å². The Morgan fingerprint density at radius 2 is 1.75 bits per heavy atom. The number of hydrogen-bond acceptors (Lipinski definition) is 4. The first-order valence-corrected chi connectivity index (χ1v) is 7.90. The lowest BCUT2D eigenvalue weighted by Crippen LogP contribution is -1.96. The van der Waals surface area contributed by atoms with Crippen molar-refractivity contribution in [1.29, 1.82) is 0 Å². The molecular weight excluding hydrogens is 300 g/mol. The van der Waals surface area contributed by atoms with E-state index in [1.807, 2.05) is 0 Å². The van der Waals surface area contributed by atoms with E-state index in [1.165, 1.54) is 30.3 Å². The summed E-state index contributed by atoms with van der Waals surface area (Å²) in [4.78, 5) is 11.1. The molecule has 104 valence electrons. The van der Waals surface area contributed by atoms with E-state index < -0.39 is 9.84 Å². The third kappa shape index (κ3) is 3.37. The van der Waals surface area contributed by atoms with Crippen molar-refractivity contribution in [1.82, 2.24) is 0 Å². The summed E-state index contributed by atoms with van der Waals surface area (Å²) in [6.45, 7) is 0. The van der Waals surface area contributed by atoms with Crippen molar-refractivity contribution >= 4 is 27.7 Å². The van der Waals surface area contributed by atoms with Gasteiger partial charge in [-0.1, -0.05) is 11.6 Å². The fraction of sp³-hybridized carbons (Fsp3) is 0.0714. The van der Waals surface area contributed by atoms with E-state index in [4.69, 9.17) is 16.3 Å². The summed E-state index contributed by atoms with van der Waals surface area (Å²) in [7, 11) is -3.24. The number of aldehydes is 1. The monoisotopic (exact) mass is 310 g/mol. The number of carbonyl (C=O) groups excluding carboxylic acids is 1. The molecular formula is C14H11ClO4S. The average molecular weight is 311 g/mol. The summed E-state index contributed by atoms with van der Waals surface area (Å²) in [5, 5.41) is 0.443. The molecule has 0 atom stereocenters. The van der Waals surface area contributed by atoms with Gasteiger partial charge in [-0.05, 0) is 36.4 Å². The standard InChI is InChI=1S/C14H11ClO4S/c1-20(17,18)13-6-4-12(5-7-13)19-14-8-11(15)3-2-10(14)9-16/h2-9H,1H3. The molecule has 2 rings (SSSR count). The van der Waals surface area contributed by atoms with Gasteiger partial charge in [0.25, 0.3) is 0 Å². The molecule has 0 spiro atoms. The minimum atomic E-state index is -3.24. The first-order valence-electron chi connectivity index (χ1n) is 5.63. The number of hydrogen-bond donors (Lipinski definition) is 0. The van der Waals surface area contributed by atoms with Crippen LogP contribution >= 0.6 is 11.6 Å². The summed E-state index contributed by atoms with van der Waals surface area (Å²) in [5.41, 5.74) is 0.363. The van der Waals surface area contributed by atoms with Crippen LogP contribution in [0.1, 0.15) is 10.4 Å². The molecule has 4 nitrogen and oxygen atoms in total. The van der Waals surface area contributed by atoms with Crippen LogP contribution in [0.3, 0.4) is 0 Å². The van der Waals surface area contributed by atoms with Crippen LogP contribution in [0.5, 0.6) is 11.5 Å². The maximum Gasteiger partial charge on any atom is 0.175 e. The highest BCUT2D eigenvalue weighted by molar-refractivity contribution is 7.90. The second-order valence-electron chi connectivity index (χ2n) is 4.15. The van der Waals surface area contributed by atoms with Crippen LogP contribution in [-0.4, -0.2) is 21.0 Å². The minimum absolute atomic E-state index is 0.201. The van der Waals surface area contributed by atoms with E-state index in [-0.39, 0.29) is 4.90 Å². The largest absolute Gasteiger partial charge is 0.457 e. The average Bonchev–Trinajstić information content (AvgIpc) is 2.38. The Labute approximate surface area is 121 Å². The lowest BCUT2D eigenvalue weighted by atomic mass is 10.2. The second kappa shape index (κ2) is 5.64. The normalized spacial score (nSPS) is 11.1. The van der Waals surface area contributed by atoms with Gasteiger partial charge in [-0.3, -0.25) is 4.79 Å². The molecule has 0 radical (unpaired) electrons. The summed E-state index contributed by atoms with van der Waals surface area (Å²) >= 11 is 5.85. The Morgan fingerprint density at radius 1 is 1.10 bits per heavy atom. The van der Waals surface area contributed by atoms with Crippen LogP contribution in [0.15, 0.2) is 47.4 Å². The highest BCUT2D eigenvalue weighted by atomic mass is 35.5. The molecule has 0 amide bonds. The van der Waals surface area contributed by atoms with Gasteiger partial charge in [0.1, 0.15) is 11.5 Å². The fourth-order valence-electron chi connectivity index (χ4n) is 1.58. The Bertz CT molecular complexity index is 736. The topological polar surface area (TPSA) is 60.4 Å². The van der Waals surface area contributed by atoms with Crippen LogP contribution in [0.2, 0.25) is 5.02 Å². The third-order valence-corrected chi connectivity index (χ3v) is 3.95. The van der Waals surface area contributed by atoms with Crippen LogP contribution in [0.25, 0.3) is 0 Å². The summed E-state index contributed by atoms with van der Waals surface area (Å²) in [6, 6.07) is 10.6. The third-order valence-electron chi connectivity index (χ3n) is 2.58. The quantitative estimate of drug-likeness (QED) is 0.813. The zero-order valence-electron chi connectivity index (χ0n) is 10.5. The van der Waals surface area contributed by atoms with Gasteiger partial charge >= 0.3 is 0 Å². The zero-order valence-corrected chi connectivity index (χ0v) is 12.1. The number of benzene rings is 2. The van der Waals surface area contributed by atoms with Gasteiger partial charge < -0.3 is 4.74 Å². The van der Waals surface area contributed by atoms with Crippen LogP contribution in [0.4, 0.5) is 0 Å². The molecule has 2 aromatic rings. The maximum absolute atomic E-state index is 11.3. The molecule has 0 aliphatic carbocycles. The van der Waals surface area contributed by atoms with Gasteiger partial charge in [0.15, 0.2) is 16.1 Å². The predicted molar refractivity (Wildman–Crippen MR) is 76.5 cm³/mol. The summed E-state index contributed by atoms with van der Waals surface area (Å²) in [6.07, 6.45) is 1.79. The number of rotatable bonds is 4. The highest BCUT2D eigenvalue weighted by Crippen LogP contribution is 2.28. The molecule has 2 aromatic carbocycles. The van der Waals surface area contributed by atoms with Gasteiger partial charge in [0, 0.05) is 17.3 Å². The molecule has 0 aliphatic heterocycles. The number of ether oxygens (including phenoxy) is 1. The second-order valence-corrected chi connectivity index (χ2v) is 6.60. The minimum Gasteiger partial charge on any atom is -0.457 e. The molecule has 0 heterocycles. The van der Waals surface area contributed by atoms with Gasteiger partial charge in [-0.15, -0.1) is 0 Å². The molecule has 0 unspecified atom stereocenters. The van der Waals surface area contributed by atoms with Crippen molar-refractivity contribution in [2.45, 2.75) is 4.90 Å². The first kappa shape index (κ1) is 14.6. The lowest BCUT2D eigenvalue weighted by Gasteiger charge is -2.08. The molecule has 0 saturated heterocycles. The van der Waals surface area contributed by atoms with Crippen molar-refractivity contribution in [3.63, 3.8) is 0 Å². The lowest BCUT2D eigenvalue weighted by molar-refractivity contribution is 0.112. The van der Waals surface area contributed by atoms with Gasteiger partial charge in [0.2, 0.25) is 0 Å². The number of carbonyl (C=O) groups is 1. The maximum atomic E-state index is 11.3. The Morgan fingerprint density at radius 3 is 2.30 bits per heavy atom. The van der Waals surface area contributed by atoms with Crippen LogP contribution < -0.4 is 4.74 Å². The summed E-state index contributed by atoms with van der Waals surface area (Å²) in [5.74, 6) is 0.738. The zero-order chi connectivity index (χ0) is 14.8. The van der Waals surface area contributed by atoms with Gasteiger partial charge in [-0.2, -0.15) is 0 Å². The molecule has 6 heteroatoms. The van der Waals surface area contributed by atoms with E-state index in [1.54, 1.807) is 12.1 Å². The summed E-state index contributed by atoms with van der Waals surface area (Å²) < 4.78 is 28.2. The number of sulfone groups is 1. The molecule has 0 saturated carbocycles. The fourth-order valence-corrected chi connectivity index (χ4v) is 2.37. The Kier molecular flexibility index (Phi) is 4.11. The highest BCUT2D eigenvalue weighted by Gasteiger charge is 2.09. The van der Waals surface area contributed by atoms with E-state index in [0.717, 1.165) is 6.26 Å². The Hall–Kier alpha value is -1.85. The van der Waals surface area contributed by atoms with Crippen LogP contribution in [0, 0.1) is 0 Å². The van der Waals surface area contributed by atoms with Crippen LogP contribution in [-0.2, 0) is 9.84 Å². The van der Waals surface area contributed by atoms with Crippen molar-refractivity contribution in [3.8, 4) is 11.5 Å². The van der Waals surface area contributed by atoms with Gasteiger partial charge in [-0.25, -0.2) is 8.42 Å². The van der Waals surface area contributed by atoms with Crippen molar-refractivity contribution in [2.75, 3.05) is 6.26 Å². The van der Waals surface area contributed by atoms with Gasteiger partial charge in [0.05, 0.1) is 10.5 Å². The first-order chi connectivity index (χ1) is 9.40. The van der Waals surface area contributed by atoms with E-state index in [0.29, 0.717) is 28.4 Å². The number of halogens is 1. The molecule has 0 bridgehead atoms. The molecule has 0 fully saturated rings. The molecule has 0 N–H and O–H groups in total. The molecule has 0 aromatic heterocycles. The Balaban J connectivity index is 2.31. The van der Waals surface area contributed by atoms with Crippen molar-refractivity contribution < 1.29 is 17.9 Å².